The minimum absolute atomic E-state index is 0.0200. The minimum Gasteiger partial charge on any atom is -0.459 e. The van der Waals surface area contributed by atoms with E-state index in [0.29, 0.717) is 5.57 Å². The van der Waals surface area contributed by atoms with Gasteiger partial charge in [0.25, 0.3) is 0 Å². The quantitative estimate of drug-likeness (QED) is 0.282. The van der Waals surface area contributed by atoms with Gasteiger partial charge in [-0.25, -0.2) is 9.18 Å². The van der Waals surface area contributed by atoms with E-state index in [2.05, 4.69) is 32.9 Å². The van der Waals surface area contributed by atoms with Gasteiger partial charge in [-0.2, -0.15) is 0 Å². The van der Waals surface area contributed by atoms with Gasteiger partial charge in [-0.05, 0) is 60.6 Å². The molecule has 0 aromatic heterocycles. The van der Waals surface area contributed by atoms with E-state index >= 15 is 0 Å². The van der Waals surface area contributed by atoms with Gasteiger partial charge in [-0.3, -0.25) is 0 Å². The zero-order valence-corrected chi connectivity index (χ0v) is 21.6. The first-order valence-corrected chi connectivity index (χ1v) is 11.8. The van der Waals surface area contributed by atoms with Crippen molar-refractivity contribution < 1.29 is 13.9 Å². The van der Waals surface area contributed by atoms with Crippen LogP contribution in [-0.4, -0.2) is 19.1 Å². The van der Waals surface area contributed by atoms with Crippen LogP contribution < -0.4 is 4.90 Å². The lowest BCUT2D eigenvalue weighted by molar-refractivity contribution is -0.145. The molecule has 2 rings (SSSR count). The topological polar surface area (TPSA) is 29.5 Å². The van der Waals surface area contributed by atoms with E-state index in [1.54, 1.807) is 6.92 Å². The maximum atomic E-state index is 14.4. The Morgan fingerprint density at radius 2 is 1.68 bits per heavy atom. The highest BCUT2D eigenvalue weighted by Gasteiger charge is 2.29. The molecule has 3 nitrogen and oxygen atoms in total. The molecule has 182 valence electrons. The zero-order chi connectivity index (χ0) is 25.3. The second-order valence-electron chi connectivity index (χ2n) is 9.57. The van der Waals surface area contributed by atoms with E-state index in [0.717, 1.165) is 23.2 Å². The van der Waals surface area contributed by atoms with Crippen molar-refractivity contribution >= 4 is 11.7 Å². The molecule has 0 radical (unpaired) electrons. The first kappa shape index (κ1) is 27.1. The maximum Gasteiger partial charge on any atom is 0.333 e. The summed E-state index contributed by atoms with van der Waals surface area (Å²) >= 11 is 0. The number of carbonyl (C=O) groups is 1. The number of likely N-dealkylation sites (N-methyl/N-ethyl adjacent to an activating group) is 1. The van der Waals surface area contributed by atoms with Crippen LogP contribution >= 0.6 is 0 Å². The maximum absolute atomic E-state index is 14.4. The average molecular weight is 464 g/mol. The van der Waals surface area contributed by atoms with Gasteiger partial charge in [-0.15, -0.1) is 0 Å². The summed E-state index contributed by atoms with van der Waals surface area (Å²) in [6.07, 6.45) is 5.50. The smallest absolute Gasteiger partial charge is 0.333 e. The minimum atomic E-state index is -0.809. The molecule has 0 saturated heterocycles. The molecule has 0 amide bonds. The van der Waals surface area contributed by atoms with Crippen LogP contribution in [0.1, 0.15) is 59.1 Å². The third kappa shape index (κ3) is 7.72. The van der Waals surface area contributed by atoms with Gasteiger partial charge in [0.1, 0.15) is 12.4 Å². The van der Waals surface area contributed by atoms with Gasteiger partial charge in [0.2, 0.25) is 0 Å². The molecule has 0 heterocycles. The Labute approximate surface area is 204 Å². The Kier molecular flexibility index (Phi) is 9.85. The van der Waals surface area contributed by atoms with Crippen LogP contribution in [0, 0.1) is 0 Å². The Balaban J connectivity index is 2.49. The summed E-state index contributed by atoms with van der Waals surface area (Å²) < 4.78 is 20.2. The van der Waals surface area contributed by atoms with Gasteiger partial charge in [0, 0.05) is 12.7 Å². The molecule has 2 aromatic carbocycles. The lowest BCUT2D eigenvalue weighted by atomic mass is 9.87. The second kappa shape index (κ2) is 12.4. The molecule has 0 aliphatic rings. The number of nitrogens with zero attached hydrogens (tertiary/aromatic N) is 1. The van der Waals surface area contributed by atoms with E-state index in [9.17, 15) is 9.18 Å². The molecule has 0 spiro atoms. The van der Waals surface area contributed by atoms with Gasteiger partial charge >= 0.3 is 5.97 Å². The molecule has 4 heteroatoms. The number of ether oxygens (including phenoxy) is 1. The van der Waals surface area contributed by atoms with E-state index in [-0.39, 0.29) is 12.0 Å². The molecule has 34 heavy (non-hydrogen) atoms. The summed E-state index contributed by atoms with van der Waals surface area (Å²) in [4.78, 5) is 15.3. The number of esters is 1. The highest BCUT2D eigenvalue weighted by atomic mass is 19.1. The van der Waals surface area contributed by atoms with E-state index in [1.807, 2.05) is 74.3 Å². The number of halogens is 1. The van der Waals surface area contributed by atoms with E-state index in [4.69, 9.17) is 4.74 Å². The van der Waals surface area contributed by atoms with Gasteiger partial charge in [-0.1, -0.05) is 87.9 Å². The third-order valence-corrected chi connectivity index (χ3v) is 5.84. The number of anilines is 1. The summed E-state index contributed by atoms with van der Waals surface area (Å²) in [5.41, 5.74) is 4.57. The Bertz CT molecular complexity index is 1030. The summed E-state index contributed by atoms with van der Waals surface area (Å²) in [7, 11) is 1.84. The first-order valence-electron chi connectivity index (χ1n) is 11.8. The average Bonchev–Trinajstić information content (AvgIpc) is 2.82. The van der Waals surface area contributed by atoms with Crippen LogP contribution in [0.25, 0.3) is 0 Å². The number of allylic oxidation sites excluding steroid dienone is 4. The number of hydrogen-bond donors (Lipinski definition) is 0. The predicted octanol–water partition coefficient (Wildman–Crippen LogP) is 7.69. The van der Waals surface area contributed by atoms with Gasteiger partial charge in [0.15, 0.2) is 6.04 Å². The number of carbonyl (C=O) groups excluding carboxylic acids is 1. The molecule has 1 atom stereocenters. The fourth-order valence-electron chi connectivity index (χ4n) is 3.50. The normalized spacial score (nSPS) is 14.1. The van der Waals surface area contributed by atoms with Crippen molar-refractivity contribution in [3.8, 4) is 0 Å². The van der Waals surface area contributed by atoms with Crippen molar-refractivity contribution in [2.24, 2.45) is 0 Å². The molecule has 0 fully saturated rings. The summed E-state index contributed by atoms with van der Waals surface area (Å²) in [5, 5.41) is 0. The van der Waals surface area contributed by atoms with Crippen molar-refractivity contribution in [1.82, 2.24) is 0 Å². The molecular formula is C30H38FNO2. The van der Waals surface area contributed by atoms with Crippen molar-refractivity contribution in [2.75, 3.05) is 11.9 Å². The molecule has 0 bridgehead atoms. The van der Waals surface area contributed by atoms with Crippen LogP contribution in [0.3, 0.4) is 0 Å². The SMILES string of the molecule is C\C=C(F)/C=C(\C=C(/C)CC)C(C(=O)OCc1ccccc1)N(C)c1ccc(C(C)(C)C)cc1. The largest absolute Gasteiger partial charge is 0.459 e. The number of hydrogen-bond acceptors (Lipinski definition) is 3. The van der Waals surface area contributed by atoms with Gasteiger partial charge in [0.05, 0.1) is 0 Å². The standard InChI is InChI=1S/C30H38FNO2/c1-8-22(3)19-24(20-26(31)9-2)28(29(33)34-21-23-13-11-10-12-14-23)32(7)27-17-15-25(16-18-27)30(4,5)6/h9-20,28H,8,21H2,1-7H3/b22-19+,24-20+,26-9+. The Morgan fingerprint density at radius 1 is 1.06 bits per heavy atom. The van der Waals surface area contributed by atoms with Crippen molar-refractivity contribution in [3.05, 3.63) is 101 Å². The summed E-state index contributed by atoms with van der Waals surface area (Å²) in [6.45, 7) is 12.3. The highest BCUT2D eigenvalue weighted by molar-refractivity contribution is 5.85. The molecular weight excluding hydrogens is 425 g/mol. The van der Waals surface area contributed by atoms with Crippen LogP contribution in [0.4, 0.5) is 10.1 Å². The second-order valence-corrected chi connectivity index (χ2v) is 9.57. The number of benzene rings is 2. The summed E-state index contributed by atoms with van der Waals surface area (Å²) in [5.74, 6) is -0.825. The van der Waals surface area contributed by atoms with Crippen molar-refractivity contribution in [1.29, 1.82) is 0 Å². The Morgan fingerprint density at radius 3 is 2.21 bits per heavy atom. The molecule has 0 saturated carbocycles. The lowest BCUT2D eigenvalue weighted by Crippen LogP contribution is -2.41. The predicted molar refractivity (Wildman–Crippen MR) is 141 cm³/mol. The third-order valence-electron chi connectivity index (χ3n) is 5.84. The van der Waals surface area contributed by atoms with Crippen LogP contribution in [-0.2, 0) is 21.6 Å². The van der Waals surface area contributed by atoms with Gasteiger partial charge < -0.3 is 9.64 Å². The molecule has 0 aliphatic heterocycles. The first-order chi connectivity index (χ1) is 16.1. The Hall–Kier alpha value is -3.14. The zero-order valence-electron chi connectivity index (χ0n) is 21.6. The molecule has 2 aromatic rings. The lowest BCUT2D eigenvalue weighted by Gasteiger charge is -2.30. The number of rotatable bonds is 9. The fourth-order valence-corrected chi connectivity index (χ4v) is 3.50. The monoisotopic (exact) mass is 463 g/mol. The van der Waals surface area contributed by atoms with E-state index < -0.39 is 17.8 Å². The highest BCUT2D eigenvalue weighted by Crippen LogP contribution is 2.28. The molecule has 0 aliphatic carbocycles. The van der Waals surface area contributed by atoms with E-state index in [1.165, 1.54) is 17.7 Å². The fraction of sp³-hybridized carbons (Fsp3) is 0.367. The van der Waals surface area contributed by atoms with Crippen LogP contribution in [0.15, 0.2) is 89.8 Å². The van der Waals surface area contributed by atoms with Crippen LogP contribution in [0.5, 0.6) is 0 Å². The van der Waals surface area contributed by atoms with Crippen molar-refractivity contribution in [2.45, 2.75) is 66.0 Å². The summed E-state index contributed by atoms with van der Waals surface area (Å²) in [6, 6.07) is 16.9. The molecule has 1 unspecified atom stereocenters. The molecule has 0 N–H and O–H groups in total. The van der Waals surface area contributed by atoms with Crippen LogP contribution in [0.2, 0.25) is 0 Å². The van der Waals surface area contributed by atoms with Crippen molar-refractivity contribution in [3.63, 3.8) is 0 Å².